The van der Waals surface area contributed by atoms with Gasteiger partial charge in [-0.1, -0.05) is 41.9 Å². The lowest BCUT2D eigenvalue weighted by molar-refractivity contribution is -0.164. The van der Waals surface area contributed by atoms with E-state index in [9.17, 15) is 18.0 Å². The van der Waals surface area contributed by atoms with Gasteiger partial charge in [0.15, 0.2) is 15.3 Å². The van der Waals surface area contributed by atoms with Crippen LogP contribution in [0.25, 0.3) is 0 Å². The Morgan fingerprint density at radius 3 is 2.07 bits per heavy atom. The summed E-state index contributed by atoms with van der Waals surface area (Å²) in [6.07, 6.45) is 0. The van der Waals surface area contributed by atoms with Crippen molar-refractivity contribution in [2.75, 3.05) is 13.2 Å². The van der Waals surface area contributed by atoms with Gasteiger partial charge < -0.3 is 9.47 Å². The molecule has 0 amide bonds. The Balaban J connectivity index is 2.21. The van der Waals surface area contributed by atoms with E-state index in [1.54, 1.807) is 56.3 Å². The second-order valence-electron chi connectivity index (χ2n) is 6.62. The summed E-state index contributed by atoms with van der Waals surface area (Å²) in [5.74, 6) is -2.79. The van der Waals surface area contributed by atoms with Gasteiger partial charge in [0.1, 0.15) is 5.25 Å². The van der Waals surface area contributed by atoms with Crippen molar-refractivity contribution in [3.8, 4) is 0 Å². The first kappa shape index (κ1) is 21.3. The number of esters is 2. The molecule has 0 bridgehead atoms. The maximum absolute atomic E-state index is 13.4. The van der Waals surface area contributed by atoms with Crippen molar-refractivity contribution >= 4 is 33.4 Å². The lowest BCUT2D eigenvalue weighted by atomic mass is 9.99. The Kier molecular flexibility index (Phi) is 6.00. The molecule has 2 aromatic carbocycles. The third-order valence-corrected chi connectivity index (χ3v) is 7.45. The monoisotopic (exact) mass is 436 g/mol. The number of sulfone groups is 1. The third kappa shape index (κ3) is 3.53. The number of rotatable bonds is 7. The van der Waals surface area contributed by atoms with Crippen LogP contribution in [-0.4, -0.2) is 38.8 Å². The summed E-state index contributed by atoms with van der Waals surface area (Å²) in [5, 5.41) is -0.985. The average Bonchev–Trinajstić information content (AvgIpc) is 3.42. The summed E-state index contributed by atoms with van der Waals surface area (Å²) in [5.41, 5.74) is -1.52. The van der Waals surface area contributed by atoms with Crippen LogP contribution in [0, 0.1) is 5.41 Å². The van der Waals surface area contributed by atoms with E-state index in [-0.39, 0.29) is 18.1 Å². The van der Waals surface area contributed by atoms with Crippen LogP contribution >= 0.6 is 11.6 Å². The largest absolute Gasteiger partial charge is 0.465 e. The zero-order valence-electron chi connectivity index (χ0n) is 16.0. The molecule has 0 saturated heterocycles. The predicted octanol–water partition coefficient (Wildman–Crippen LogP) is 3.39. The van der Waals surface area contributed by atoms with Crippen LogP contribution in [0.2, 0.25) is 5.02 Å². The molecule has 0 aromatic heterocycles. The zero-order valence-corrected chi connectivity index (χ0v) is 17.6. The zero-order chi connectivity index (χ0) is 21.2. The summed E-state index contributed by atoms with van der Waals surface area (Å²) < 4.78 is 37.2. The van der Waals surface area contributed by atoms with Crippen LogP contribution in [0.5, 0.6) is 0 Å². The fourth-order valence-electron chi connectivity index (χ4n) is 3.75. The molecule has 1 saturated carbocycles. The number of ether oxygens (including phenoxy) is 2. The molecular formula is C21H21ClO6S. The van der Waals surface area contributed by atoms with Crippen LogP contribution in [0.1, 0.15) is 25.3 Å². The fourth-order valence-corrected chi connectivity index (χ4v) is 6.25. The minimum atomic E-state index is -4.05. The Morgan fingerprint density at radius 2 is 1.55 bits per heavy atom. The van der Waals surface area contributed by atoms with Crippen LogP contribution in [0.4, 0.5) is 0 Å². The number of benzene rings is 2. The molecule has 0 spiro atoms. The smallest absolute Gasteiger partial charge is 0.325 e. The summed E-state index contributed by atoms with van der Waals surface area (Å²) in [7, 11) is -4.05. The highest BCUT2D eigenvalue weighted by molar-refractivity contribution is 7.92. The first-order valence-electron chi connectivity index (χ1n) is 9.20. The molecule has 1 aliphatic rings. The predicted molar refractivity (Wildman–Crippen MR) is 107 cm³/mol. The van der Waals surface area contributed by atoms with Crippen molar-refractivity contribution in [1.29, 1.82) is 0 Å². The Hall–Kier alpha value is -2.38. The number of carbonyl (C=O) groups is 2. The van der Waals surface area contributed by atoms with Crippen LogP contribution < -0.4 is 0 Å². The van der Waals surface area contributed by atoms with Crippen molar-refractivity contribution in [1.82, 2.24) is 0 Å². The lowest BCUT2D eigenvalue weighted by Crippen LogP contribution is -2.35. The van der Waals surface area contributed by atoms with E-state index in [1.807, 2.05) is 0 Å². The minimum absolute atomic E-state index is 0.000356. The van der Waals surface area contributed by atoms with Gasteiger partial charge >= 0.3 is 11.9 Å². The van der Waals surface area contributed by atoms with E-state index < -0.39 is 38.4 Å². The van der Waals surface area contributed by atoms with Gasteiger partial charge in [0.25, 0.3) is 0 Å². The molecule has 0 unspecified atom stereocenters. The van der Waals surface area contributed by atoms with Gasteiger partial charge in [-0.05, 0) is 43.7 Å². The molecule has 2 aromatic rings. The van der Waals surface area contributed by atoms with E-state index in [2.05, 4.69) is 0 Å². The van der Waals surface area contributed by atoms with Crippen molar-refractivity contribution in [2.24, 2.45) is 5.41 Å². The molecular weight excluding hydrogens is 416 g/mol. The van der Waals surface area contributed by atoms with Crippen LogP contribution in [-0.2, 0) is 28.9 Å². The second-order valence-corrected chi connectivity index (χ2v) is 9.13. The van der Waals surface area contributed by atoms with E-state index >= 15 is 0 Å². The maximum Gasteiger partial charge on any atom is 0.325 e. The van der Waals surface area contributed by atoms with Gasteiger partial charge in [-0.3, -0.25) is 9.59 Å². The quantitative estimate of drug-likeness (QED) is 0.488. The molecule has 1 fully saturated rings. The Labute approximate surface area is 174 Å². The molecule has 0 aliphatic heterocycles. The van der Waals surface area contributed by atoms with Crippen molar-refractivity contribution in [3.05, 3.63) is 65.2 Å². The Morgan fingerprint density at radius 1 is 0.966 bits per heavy atom. The number of carbonyl (C=O) groups excluding carboxylic acids is 2. The summed E-state index contributed by atoms with van der Waals surface area (Å²) in [6, 6.07) is 14.2. The summed E-state index contributed by atoms with van der Waals surface area (Å²) in [4.78, 5) is 26.0. The summed E-state index contributed by atoms with van der Waals surface area (Å²) >= 11 is 6.09. The number of hydrogen-bond donors (Lipinski definition) is 0. The van der Waals surface area contributed by atoms with E-state index in [1.165, 1.54) is 12.1 Å². The highest BCUT2D eigenvalue weighted by atomic mass is 35.5. The number of hydrogen-bond acceptors (Lipinski definition) is 6. The van der Waals surface area contributed by atoms with Gasteiger partial charge in [-0.15, -0.1) is 0 Å². The third-order valence-electron chi connectivity index (χ3n) is 4.97. The molecule has 2 atom stereocenters. The van der Waals surface area contributed by atoms with Crippen molar-refractivity contribution < 1.29 is 27.5 Å². The molecule has 1 aliphatic carbocycles. The summed E-state index contributed by atoms with van der Waals surface area (Å²) in [6.45, 7) is 3.18. The maximum atomic E-state index is 13.4. The van der Waals surface area contributed by atoms with Gasteiger partial charge in [0.05, 0.1) is 18.1 Å². The molecule has 3 rings (SSSR count). The first-order valence-corrected chi connectivity index (χ1v) is 11.1. The van der Waals surface area contributed by atoms with Gasteiger partial charge in [0.2, 0.25) is 0 Å². The SMILES string of the molecule is CCOC(=O)C1(C(=O)OCC)[C@H](c2cccc(Cl)c2)[C@@H]1S(=O)(=O)c1ccccc1. The van der Waals surface area contributed by atoms with Crippen molar-refractivity contribution in [3.63, 3.8) is 0 Å². The second kappa shape index (κ2) is 8.16. The van der Waals surface area contributed by atoms with Gasteiger partial charge in [0, 0.05) is 10.9 Å². The number of halogens is 1. The highest BCUT2D eigenvalue weighted by Crippen LogP contribution is 2.65. The minimum Gasteiger partial charge on any atom is -0.465 e. The normalized spacial score (nSPS) is 20.0. The topological polar surface area (TPSA) is 86.7 Å². The first-order chi connectivity index (χ1) is 13.8. The van der Waals surface area contributed by atoms with Crippen LogP contribution in [0.3, 0.4) is 0 Å². The highest BCUT2D eigenvalue weighted by Gasteiger charge is 2.81. The van der Waals surface area contributed by atoms with E-state index in [0.717, 1.165) is 0 Å². The average molecular weight is 437 g/mol. The van der Waals surface area contributed by atoms with E-state index in [4.69, 9.17) is 21.1 Å². The molecule has 0 N–H and O–H groups in total. The molecule has 0 radical (unpaired) electrons. The molecule has 8 heteroatoms. The van der Waals surface area contributed by atoms with Gasteiger partial charge in [-0.25, -0.2) is 8.42 Å². The lowest BCUT2D eigenvalue weighted by Gasteiger charge is -2.15. The molecule has 29 heavy (non-hydrogen) atoms. The fraction of sp³-hybridized carbons (Fsp3) is 0.333. The van der Waals surface area contributed by atoms with Crippen molar-refractivity contribution in [2.45, 2.75) is 29.9 Å². The molecule has 0 heterocycles. The Bertz CT molecular complexity index is 1000. The van der Waals surface area contributed by atoms with Crippen LogP contribution in [0.15, 0.2) is 59.5 Å². The van der Waals surface area contributed by atoms with Gasteiger partial charge in [-0.2, -0.15) is 0 Å². The standard InChI is InChI=1S/C21H21ClO6S/c1-3-27-19(23)21(20(24)28-4-2)17(14-9-8-10-15(22)13-14)18(21)29(25,26)16-11-6-5-7-12-16/h5-13,17-18H,3-4H2,1-2H3/t17-,18+/m1/s1. The molecule has 154 valence electrons. The van der Waals surface area contributed by atoms with E-state index in [0.29, 0.717) is 10.6 Å². The molecule has 6 nitrogen and oxygen atoms in total.